The lowest BCUT2D eigenvalue weighted by Gasteiger charge is -2.06. The van der Waals surface area contributed by atoms with Crippen molar-refractivity contribution in [3.63, 3.8) is 0 Å². The van der Waals surface area contributed by atoms with E-state index in [4.69, 9.17) is 11.1 Å². The summed E-state index contributed by atoms with van der Waals surface area (Å²) < 4.78 is 0. The van der Waals surface area contributed by atoms with Gasteiger partial charge in [-0.15, -0.1) is 11.3 Å². The molecule has 0 spiro atoms. The van der Waals surface area contributed by atoms with Gasteiger partial charge in [-0.2, -0.15) is 0 Å². The summed E-state index contributed by atoms with van der Waals surface area (Å²) in [4.78, 5) is 7.54. The number of nitrogens with two attached hydrogens (primary N) is 1. The number of hydrogen-bond acceptors (Lipinski definition) is 4. The fraction of sp³-hybridized carbons (Fsp3) is 0.636. The van der Waals surface area contributed by atoms with Gasteiger partial charge in [0.25, 0.3) is 0 Å². The van der Waals surface area contributed by atoms with Crippen molar-refractivity contribution >= 4 is 17.2 Å². The highest BCUT2D eigenvalue weighted by Gasteiger charge is 2.16. The molecule has 3 N–H and O–H groups in total. The Morgan fingerprint density at radius 3 is 2.50 bits per heavy atom. The molecule has 0 radical (unpaired) electrons. The fourth-order valence-electron chi connectivity index (χ4n) is 1.39. The summed E-state index contributed by atoms with van der Waals surface area (Å²) in [7, 11) is 4.09. The molecular formula is C11H20N4S. The van der Waals surface area contributed by atoms with Gasteiger partial charge in [0.05, 0.1) is 15.6 Å². The van der Waals surface area contributed by atoms with Crippen molar-refractivity contribution in [3.05, 3.63) is 15.6 Å². The fourth-order valence-corrected chi connectivity index (χ4v) is 2.46. The van der Waals surface area contributed by atoms with E-state index in [1.807, 2.05) is 14.1 Å². The first kappa shape index (κ1) is 13.1. The van der Waals surface area contributed by atoms with Gasteiger partial charge in [-0.05, 0) is 20.0 Å². The first-order chi connectivity index (χ1) is 7.41. The Morgan fingerprint density at radius 1 is 1.50 bits per heavy atom. The SMILES string of the molecule is CC(C)c1nc(CCN(C)C)sc1C(=N)N. The summed E-state index contributed by atoms with van der Waals surface area (Å²) in [5, 5.41) is 8.61. The van der Waals surface area contributed by atoms with Crippen LogP contribution >= 0.6 is 11.3 Å². The van der Waals surface area contributed by atoms with Gasteiger partial charge in [0.1, 0.15) is 5.84 Å². The third kappa shape index (κ3) is 3.28. The number of nitrogens with zero attached hydrogens (tertiary/aromatic N) is 2. The van der Waals surface area contributed by atoms with E-state index in [2.05, 4.69) is 23.7 Å². The van der Waals surface area contributed by atoms with Gasteiger partial charge in [0, 0.05) is 13.0 Å². The van der Waals surface area contributed by atoms with Crippen molar-refractivity contribution < 1.29 is 0 Å². The first-order valence-corrected chi connectivity index (χ1v) is 6.22. The minimum atomic E-state index is 0.136. The molecule has 1 heterocycles. The minimum Gasteiger partial charge on any atom is -0.383 e. The molecule has 1 aromatic heterocycles. The number of nitrogens with one attached hydrogen (secondary N) is 1. The van der Waals surface area contributed by atoms with Crippen molar-refractivity contribution in [1.29, 1.82) is 5.41 Å². The highest BCUT2D eigenvalue weighted by atomic mass is 32.1. The van der Waals surface area contributed by atoms with Crippen molar-refractivity contribution in [2.75, 3.05) is 20.6 Å². The molecule has 0 amide bonds. The van der Waals surface area contributed by atoms with Crippen LogP contribution in [0.15, 0.2) is 0 Å². The smallest absolute Gasteiger partial charge is 0.135 e. The molecule has 4 nitrogen and oxygen atoms in total. The molecule has 0 atom stereocenters. The number of thiazole rings is 1. The van der Waals surface area contributed by atoms with Gasteiger partial charge >= 0.3 is 0 Å². The molecule has 0 aromatic carbocycles. The largest absolute Gasteiger partial charge is 0.383 e. The molecule has 5 heteroatoms. The van der Waals surface area contributed by atoms with E-state index in [9.17, 15) is 0 Å². The third-order valence-corrected chi connectivity index (χ3v) is 3.43. The van der Waals surface area contributed by atoms with Crippen LogP contribution in [-0.4, -0.2) is 36.4 Å². The first-order valence-electron chi connectivity index (χ1n) is 5.40. The lowest BCUT2D eigenvalue weighted by molar-refractivity contribution is 0.413. The summed E-state index contributed by atoms with van der Waals surface area (Å²) in [5.74, 6) is 0.459. The maximum Gasteiger partial charge on any atom is 0.135 e. The van der Waals surface area contributed by atoms with Crippen LogP contribution in [0.1, 0.15) is 35.3 Å². The second kappa shape index (κ2) is 5.41. The van der Waals surface area contributed by atoms with Crippen LogP contribution < -0.4 is 5.73 Å². The Balaban J connectivity index is 2.88. The Morgan fingerprint density at radius 2 is 2.12 bits per heavy atom. The second-order valence-corrected chi connectivity index (χ2v) is 5.53. The maximum absolute atomic E-state index is 7.54. The quantitative estimate of drug-likeness (QED) is 0.607. The Kier molecular flexibility index (Phi) is 4.44. The molecule has 0 unspecified atom stereocenters. The molecule has 0 aliphatic carbocycles. The second-order valence-electron chi connectivity index (χ2n) is 4.44. The molecular weight excluding hydrogens is 220 g/mol. The monoisotopic (exact) mass is 240 g/mol. The van der Waals surface area contributed by atoms with Crippen LogP contribution in [0.2, 0.25) is 0 Å². The number of amidine groups is 1. The van der Waals surface area contributed by atoms with Crippen LogP contribution in [0.3, 0.4) is 0 Å². The highest BCUT2D eigenvalue weighted by Crippen LogP contribution is 2.25. The third-order valence-electron chi connectivity index (χ3n) is 2.26. The molecule has 1 aromatic rings. The van der Waals surface area contributed by atoms with Crippen molar-refractivity contribution in [2.45, 2.75) is 26.2 Å². The van der Waals surface area contributed by atoms with Gasteiger partial charge in [0.15, 0.2) is 0 Å². The van der Waals surface area contributed by atoms with E-state index in [0.717, 1.165) is 28.5 Å². The van der Waals surface area contributed by atoms with E-state index >= 15 is 0 Å². The zero-order chi connectivity index (χ0) is 12.3. The molecule has 0 saturated carbocycles. The van der Waals surface area contributed by atoms with Crippen LogP contribution in [-0.2, 0) is 6.42 Å². The molecule has 1 rings (SSSR count). The summed E-state index contributed by atoms with van der Waals surface area (Å²) in [6.45, 7) is 5.14. The minimum absolute atomic E-state index is 0.136. The predicted octanol–water partition coefficient (Wildman–Crippen LogP) is 1.65. The Hall–Kier alpha value is -0.940. The van der Waals surface area contributed by atoms with Crippen LogP contribution in [0.25, 0.3) is 0 Å². The molecule has 0 aliphatic rings. The molecule has 0 bridgehead atoms. The number of hydrogen-bond donors (Lipinski definition) is 2. The number of aromatic nitrogens is 1. The average Bonchev–Trinajstić information content (AvgIpc) is 2.58. The van der Waals surface area contributed by atoms with E-state index in [-0.39, 0.29) is 5.84 Å². The summed E-state index contributed by atoms with van der Waals surface area (Å²) >= 11 is 1.55. The standard InChI is InChI=1S/C11H20N4S/c1-7(2)9-10(11(12)13)16-8(14-9)5-6-15(3)4/h7H,5-6H2,1-4H3,(H3,12,13). The van der Waals surface area contributed by atoms with Gasteiger partial charge < -0.3 is 10.6 Å². The van der Waals surface area contributed by atoms with Crippen molar-refractivity contribution in [3.8, 4) is 0 Å². The van der Waals surface area contributed by atoms with E-state index < -0.39 is 0 Å². The Bertz CT molecular complexity index is 368. The van der Waals surface area contributed by atoms with E-state index in [0.29, 0.717) is 5.92 Å². The van der Waals surface area contributed by atoms with E-state index in [1.54, 1.807) is 11.3 Å². The average molecular weight is 240 g/mol. The van der Waals surface area contributed by atoms with E-state index in [1.165, 1.54) is 0 Å². The zero-order valence-electron chi connectivity index (χ0n) is 10.4. The lowest BCUT2D eigenvalue weighted by atomic mass is 10.1. The summed E-state index contributed by atoms with van der Waals surface area (Å²) in [6.07, 6.45) is 0.921. The lowest BCUT2D eigenvalue weighted by Crippen LogP contribution is -2.14. The topological polar surface area (TPSA) is 66.0 Å². The molecule has 0 fully saturated rings. The number of likely N-dealkylation sites (N-methyl/N-ethyl adjacent to an activating group) is 1. The number of nitrogen functional groups attached to an aromatic ring is 1. The molecule has 0 aliphatic heterocycles. The van der Waals surface area contributed by atoms with Gasteiger partial charge in [-0.3, -0.25) is 5.41 Å². The van der Waals surface area contributed by atoms with Crippen molar-refractivity contribution in [1.82, 2.24) is 9.88 Å². The molecule has 90 valence electrons. The van der Waals surface area contributed by atoms with Gasteiger partial charge in [-0.25, -0.2) is 4.98 Å². The maximum atomic E-state index is 7.54. The summed E-state index contributed by atoms with van der Waals surface area (Å²) in [5.41, 5.74) is 6.53. The van der Waals surface area contributed by atoms with Crippen LogP contribution in [0.5, 0.6) is 0 Å². The predicted molar refractivity (Wildman–Crippen MR) is 69.5 cm³/mol. The van der Waals surface area contributed by atoms with Crippen LogP contribution in [0, 0.1) is 5.41 Å². The van der Waals surface area contributed by atoms with Gasteiger partial charge in [0.2, 0.25) is 0 Å². The highest BCUT2D eigenvalue weighted by molar-refractivity contribution is 7.13. The number of rotatable bonds is 5. The van der Waals surface area contributed by atoms with Gasteiger partial charge in [-0.1, -0.05) is 13.8 Å². The molecule has 0 saturated heterocycles. The zero-order valence-corrected chi connectivity index (χ0v) is 11.2. The normalized spacial score (nSPS) is 11.4. The van der Waals surface area contributed by atoms with Crippen LogP contribution in [0.4, 0.5) is 0 Å². The summed E-state index contributed by atoms with van der Waals surface area (Å²) in [6, 6.07) is 0. The Labute approximate surface area is 101 Å². The van der Waals surface area contributed by atoms with Crippen molar-refractivity contribution in [2.24, 2.45) is 5.73 Å². The molecule has 16 heavy (non-hydrogen) atoms.